The van der Waals surface area contributed by atoms with Gasteiger partial charge in [0.1, 0.15) is 11.6 Å². The van der Waals surface area contributed by atoms with E-state index in [1.165, 1.54) is 13.8 Å². The van der Waals surface area contributed by atoms with E-state index in [0.29, 0.717) is 19.4 Å². The minimum Gasteiger partial charge on any atom is -0.549 e. The van der Waals surface area contributed by atoms with Gasteiger partial charge in [0, 0.05) is 6.61 Å². The number of aliphatic hydroxyl groups is 1. The van der Waals surface area contributed by atoms with Crippen molar-refractivity contribution >= 4 is 23.5 Å². The Morgan fingerprint density at radius 1 is 0.828 bits per heavy atom. The van der Waals surface area contributed by atoms with Crippen LogP contribution in [-0.4, -0.2) is 41.5 Å². The first-order valence-corrected chi connectivity index (χ1v) is 9.72. The summed E-state index contributed by atoms with van der Waals surface area (Å²) in [6.45, 7) is 10.6. The number of aliphatic hydroxyl groups excluding tert-OH is 1. The molecule has 9 heteroatoms. The summed E-state index contributed by atoms with van der Waals surface area (Å²) in [5, 5.41) is 29.1. The van der Waals surface area contributed by atoms with Gasteiger partial charge in [-0.15, -0.1) is 0 Å². The Labute approximate surface area is 189 Å². The van der Waals surface area contributed by atoms with Crippen LogP contribution in [-0.2, 0) is 45.6 Å². The number of Topliss-reactive ketones (excluding diaryl/α,β-unsaturated/α-hetero) is 2. The van der Waals surface area contributed by atoms with Crippen molar-refractivity contribution in [1.82, 2.24) is 0 Å². The van der Waals surface area contributed by atoms with Gasteiger partial charge in [0.05, 0.1) is 23.8 Å². The van der Waals surface area contributed by atoms with Crippen molar-refractivity contribution in [3.05, 3.63) is 0 Å². The summed E-state index contributed by atoms with van der Waals surface area (Å²) in [5.41, 5.74) is 0. The molecule has 0 bridgehead atoms. The Hall–Kier alpha value is -1.09. The molecule has 0 aromatic rings. The molecule has 0 aliphatic carbocycles. The number of carboxylic acids is 2. The molecule has 0 aliphatic rings. The Bertz CT molecular complexity index is 394. The topological polar surface area (TPSA) is 144 Å². The summed E-state index contributed by atoms with van der Waals surface area (Å²) in [5.74, 6) is -5.04. The van der Waals surface area contributed by atoms with E-state index in [2.05, 4.69) is 6.92 Å². The van der Waals surface area contributed by atoms with Crippen LogP contribution in [0.3, 0.4) is 0 Å². The summed E-state index contributed by atoms with van der Waals surface area (Å²) in [7, 11) is 0. The number of aliphatic carboxylic acids is 2. The third kappa shape index (κ3) is 23.1. The van der Waals surface area contributed by atoms with Crippen LogP contribution in [0.5, 0.6) is 0 Å². The Morgan fingerprint density at radius 2 is 1.21 bits per heavy atom. The first kappa shape index (κ1) is 35.4. The molecule has 0 spiro atoms. The quantitative estimate of drug-likeness (QED) is 0.196. The van der Waals surface area contributed by atoms with E-state index in [4.69, 9.17) is 9.84 Å². The molecule has 0 amide bonds. The molecule has 0 fully saturated rings. The molecule has 0 saturated heterocycles. The van der Waals surface area contributed by atoms with Gasteiger partial charge < -0.3 is 29.6 Å². The summed E-state index contributed by atoms with van der Waals surface area (Å²) in [6.07, 6.45) is 4.00. The van der Waals surface area contributed by atoms with Crippen LogP contribution in [0.4, 0.5) is 0 Å². The van der Waals surface area contributed by atoms with Crippen molar-refractivity contribution in [1.29, 1.82) is 0 Å². The van der Waals surface area contributed by atoms with E-state index in [0.717, 1.165) is 25.7 Å². The van der Waals surface area contributed by atoms with E-state index < -0.39 is 30.1 Å². The molecule has 0 heterocycles. The van der Waals surface area contributed by atoms with Gasteiger partial charge in [0.2, 0.25) is 0 Å². The number of hydrogen-bond donors (Lipinski definition) is 1. The average Bonchev–Trinajstić information content (AvgIpc) is 2.56. The largest absolute Gasteiger partial charge is 2.00 e. The van der Waals surface area contributed by atoms with Crippen LogP contribution >= 0.6 is 0 Å². The van der Waals surface area contributed by atoms with Crippen LogP contribution in [0.2, 0.25) is 0 Å². The standard InChI is InChI=1S/C8H18O2.2C6H10O3.Ti/c1-3-5-7-10-8(9)6-4-2;2*1-3-5(4(2)7)6(8)9;/h8-9H,3-7H2,1-2H3;2*5H,3H2,1-2H3,(H,8,9);/q;;;+2/p-2. The Morgan fingerprint density at radius 3 is 1.38 bits per heavy atom. The fraction of sp³-hybridized carbons (Fsp3) is 0.800. The van der Waals surface area contributed by atoms with Crippen molar-refractivity contribution in [2.24, 2.45) is 11.8 Å². The third-order valence-corrected chi connectivity index (χ3v) is 3.71. The maximum atomic E-state index is 10.4. The summed E-state index contributed by atoms with van der Waals surface area (Å²) in [6, 6.07) is 0. The van der Waals surface area contributed by atoms with E-state index in [-0.39, 0.29) is 33.3 Å². The normalized spacial score (nSPS) is 12.5. The number of ether oxygens (including phenoxy) is 1. The monoisotopic (exact) mass is 452 g/mol. The van der Waals surface area contributed by atoms with Gasteiger partial charge in [0.15, 0.2) is 6.29 Å². The van der Waals surface area contributed by atoms with Gasteiger partial charge in [-0.05, 0) is 39.5 Å². The van der Waals surface area contributed by atoms with Gasteiger partial charge in [-0.25, -0.2) is 0 Å². The predicted octanol–water partition coefficient (Wildman–Crippen LogP) is 0.622. The van der Waals surface area contributed by atoms with E-state index in [1.54, 1.807) is 13.8 Å². The van der Waals surface area contributed by atoms with Crippen LogP contribution in [0.25, 0.3) is 0 Å². The maximum Gasteiger partial charge on any atom is 2.00 e. The van der Waals surface area contributed by atoms with Gasteiger partial charge >= 0.3 is 21.7 Å². The Balaban J connectivity index is -0.000000159. The number of rotatable bonds is 12. The molecule has 3 atom stereocenters. The van der Waals surface area contributed by atoms with Crippen LogP contribution in [0.1, 0.15) is 80.1 Å². The second-order valence-corrected chi connectivity index (χ2v) is 6.25. The fourth-order valence-electron chi connectivity index (χ4n) is 1.93. The smallest absolute Gasteiger partial charge is 0.549 e. The van der Waals surface area contributed by atoms with Crippen molar-refractivity contribution in [2.75, 3.05) is 6.61 Å². The van der Waals surface area contributed by atoms with Crippen LogP contribution in [0, 0.1) is 11.8 Å². The van der Waals surface area contributed by atoms with Crippen LogP contribution < -0.4 is 10.2 Å². The van der Waals surface area contributed by atoms with Crippen molar-refractivity contribution in [2.45, 2.75) is 86.4 Å². The third-order valence-electron chi connectivity index (χ3n) is 3.71. The molecule has 0 rings (SSSR count). The zero-order valence-electron chi connectivity index (χ0n) is 18.5. The molecule has 8 nitrogen and oxygen atoms in total. The van der Waals surface area contributed by atoms with Gasteiger partial charge in [-0.3, -0.25) is 9.59 Å². The number of ketones is 2. The second kappa shape index (κ2) is 23.2. The van der Waals surface area contributed by atoms with Crippen molar-refractivity contribution in [3.63, 3.8) is 0 Å². The molecule has 1 N–H and O–H groups in total. The first-order chi connectivity index (χ1) is 13.0. The number of hydrogen-bond acceptors (Lipinski definition) is 8. The van der Waals surface area contributed by atoms with Gasteiger partial charge in [-0.1, -0.05) is 40.5 Å². The summed E-state index contributed by atoms with van der Waals surface area (Å²) in [4.78, 5) is 40.9. The van der Waals surface area contributed by atoms with E-state index in [1.807, 2.05) is 6.92 Å². The predicted molar refractivity (Wildman–Crippen MR) is 101 cm³/mol. The molecule has 0 saturated carbocycles. The SMILES string of the molecule is CCC(C(C)=O)C(=O)[O-].CCC(C(C)=O)C(=O)[O-].CCCCOC(O)CCC.[Ti+2]. The zero-order valence-corrected chi connectivity index (χ0v) is 20.0. The minimum absolute atomic E-state index is 0. The average molecular weight is 452 g/mol. The molecule has 0 aromatic carbocycles. The summed E-state index contributed by atoms with van der Waals surface area (Å²) < 4.78 is 5.08. The molecule has 0 aliphatic heterocycles. The molecule has 3 unspecified atom stereocenters. The van der Waals surface area contributed by atoms with Crippen molar-refractivity contribution < 1.29 is 61.0 Å². The van der Waals surface area contributed by atoms with Crippen LogP contribution in [0.15, 0.2) is 0 Å². The maximum absolute atomic E-state index is 10.4. The number of unbranched alkanes of at least 4 members (excludes halogenated alkanes) is 1. The first-order valence-electron chi connectivity index (χ1n) is 9.72. The second-order valence-electron chi connectivity index (χ2n) is 6.25. The number of carboxylic acid groups (broad SMARTS) is 2. The Kier molecular flexibility index (Phi) is 28.3. The summed E-state index contributed by atoms with van der Waals surface area (Å²) >= 11 is 0. The van der Waals surface area contributed by atoms with Crippen molar-refractivity contribution in [3.8, 4) is 0 Å². The molecule has 0 radical (unpaired) electrons. The number of carbonyl (C=O) groups is 4. The zero-order chi connectivity index (χ0) is 22.7. The fourth-order valence-corrected chi connectivity index (χ4v) is 1.93. The molecular weight excluding hydrogens is 416 g/mol. The van der Waals surface area contributed by atoms with E-state index in [9.17, 15) is 29.4 Å². The van der Waals surface area contributed by atoms with Gasteiger partial charge in [0.25, 0.3) is 0 Å². The van der Waals surface area contributed by atoms with E-state index >= 15 is 0 Å². The molecular formula is C20H36O8Ti. The minimum atomic E-state index is -1.27. The van der Waals surface area contributed by atoms with Gasteiger partial charge in [-0.2, -0.15) is 0 Å². The molecule has 0 aromatic heterocycles. The molecule has 168 valence electrons. The number of carbonyl (C=O) groups excluding carboxylic acids is 4. The molecule has 29 heavy (non-hydrogen) atoms.